The molecule has 1 aromatic carbocycles. The van der Waals surface area contributed by atoms with Crippen molar-refractivity contribution in [1.82, 2.24) is 10.2 Å². The predicted molar refractivity (Wildman–Crippen MR) is 84.0 cm³/mol. The number of nitrogens with one attached hydrogen (secondary N) is 1. The first-order valence-corrected chi connectivity index (χ1v) is 7.81. The van der Waals surface area contributed by atoms with Crippen LogP contribution in [0.5, 0.6) is 0 Å². The number of hydrogen-bond donors (Lipinski definition) is 1. The van der Waals surface area contributed by atoms with Crippen LogP contribution < -0.4 is 5.32 Å². The van der Waals surface area contributed by atoms with E-state index in [1.807, 2.05) is 0 Å². The van der Waals surface area contributed by atoms with E-state index in [-0.39, 0.29) is 0 Å². The molecule has 0 unspecified atom stereocenters. The van der Waals surface area contributed by atoms with E-state index >= 15 is 0 Å². The molecule has 1 saturated carbocycles. The number of benzene rings is 1. The molecule has 0 radical (unpaired) electrons. The molecule has 3 heteroatoms. The predicted octanol–water partition coefficient (Wildman–Crippen LogP) is 2.68. The monoisotopic (exact) mass is 271 g/mol. The molecular weight excluding hydrogens is 246 g/mol. The normalized spacial score (nSPS) is 21.1. The van der Waals surface area contributed by atoms with E-state index in [9.17, 15) is 0 Å². The third kappa shape index (κ3) is 2.97. The highest BCUT2D eigenvalue weighted by atomic mass is 15.3. The van der Waals surface area contributed by atoms with Crippen molar-refractivity contribution >= 4 is 5.96 Å². The fourth-order valence-corrected chi connectivity index (χ4v) is 3.56. The summed E-state index contributed by atoms with van der Waals surface area (Å²) in [6.45, 7) is 3.05. The van der Waals surface area contributed by atoms with Crippen molar-refractivity contribution in [3.63, 3.8) is 0 Å². The van der Waals surface area contributed by atoms with Crippen molar-refractivity contribution in [3.05, 3.63) is 35.9 Å². The summed E-state index contributed by atoms with van der Waals surface area (Å²) in [6.07, 6.45) is 6.61. The van der Waals surface area contributed by atoms with Gasteiger partial charge in [-0.15, -0.1) is 0 Å². The van der Waals surface area contributed by atoms with E-state index in [2.05, 4.69) is 52.6 Å². The Labute approximate surface area is 122 Å². The lowest BCUT2D eigenvalue weighted by molar-refractivity contribution is 0.290. The van der Waals surface area contributed by atoms with Gasteiger partial charge in [0.1, 0.15) is 0 Å². The molecule has 3 nitrogen and oxygen atoms in total. The summed E-state index contributed by atoms with van der Waals surface area (Å²) >= 11 is 0. The van der Waals surface area contributed by atoms with Crippen LogP contribution in [-0.4, -0.2) is 37.5 Å². The van der Waals surface area contributed by atoms with Crippen LogP contribution in [-0.2, 0) is 6.42 Å². The Morgan fingerprint density at radius 3 is 2.60 bits per heavy atom. The fourth-order valence-electron chi connectivity index (χ4n) is 3.56. The second-order valence-corrected chi connectivity index (χ2v) is 6.35. The smallest absolute Gasteiger partial charge is 0.193 e. The molecule has 0 atom stereocenters. The first-order chi connectivity index (χ1) is 9.77. The van der Waals surface area contributed by atoms with Crippen LogP contribution in [0.25, 0.3) is 0 Å². The summed E-state index contributed by atoms with van der Waals surface area (Å²) in [5, 5.41) is 3.61. The largest absolute Gasteiger partial charge is 0.356 e. The summed E-state index contributed by atoms with van der Waals surface area (Å²) < 4.78 is 0. The molecule has 0 amide bonds. The molecule has 0 saturated heterocycles. The second-order valence-electron chi connectivity index (χ2n) is 6.35. The highest BCUT2D eigenvalue weighted by molar-refractivity contribution is 5.81. The summed E-state index contributed by atoms with van der Waals surface area (Å²) in [6, 6.07) is 10.9. The van der Waals surface area contributed by atoms with Gasteiger partial charge in [-0.2, -0.15) is 0 Å². The minimum atomic E-state index is 0.424. The SMILES string of the molecule is CN1CCN=C1NCC1(Cc2ccccc2)CCCC1. The molecule has 1 fully saturated rings. The van der Waals surface area contributed by atoms with E-state index in [4.69, 9.17) is 0 Å². The average molecular weight is 271 g/mol. The maximum Gasteiger partial charge on any atom is 0.193 e. The van der Waals surface area contributed by atoms with Crippen molar-refractivity contribution in [3.8, 4) is 0 Å². The Bertz CT molecular complexity index is 460. The van der Waals surface area contributed by atoms with Crippen molar-refractivity contribution < 1.29 is 0 Å². The van der Waals surface area contributed by atoms with E-state index in [1.54, 1.807) is 0 Å². The molecule has 0 aromatic heterocycles. The van der Waals surface area contributed by atoms with Gasteiger partial charge in [0.15, 0.2) is 5.96 Å². The summed E-state index contributed by atoms with van der Waals surface area (Å²) in [7, 11) is 2.12. The number of guanidine groups is 1. The van der Waals surface area contributed by atoms with Gasteiger partial charge in [0, 0.05) is 20.1 Å². The minimum absolute atomic E-state index is 0.424. The van der Waals surface area contributed by atoms with E-state index in [1.165, 1.54) is 37.7 Å². The van der Waals surface area contributed by atoms with Gasteiger partial charge < -0.3 is 10.2 Å². The Hall–Kier alpha value is -1.51. The Morgan fingerprint density at radius 1 is 1.20 bits per heavy atom. The zero-order chi connectivity index (χ0) is 13.8. The lowest BCUT2D eigenvalue weighted by atomic mass is 9.80. The van der Waals surface area contributed by atoms with Gasteiger partial charge in [0.25, 0.3) is 0 Å². The molecule has 20 heavy (non-hydrogen) atoms. The van der Waals surface area contributed by atoms with Crippen LogP contribution in [0.4, 0.5) is 0 Å². The Balaban J connectivity index is 1.65. The van der Waals surface area contributed by atoms with Gasteiger partial charge in [0.05, 0.1) is 6.54 Å². The molecule has 3 rings (SSSR count). The number of likely N-dealkylation sites (N-methyl/N-ethyl adjacent to an activating group) is 1. The zero-order valence-corrected chi connectivity index (χ0v) is 12.4. The van der Waals surface area contributed by atoms with Gasteiger partial charge in [0.2, 0.25) is 0 Å². The second kappa shape index (κ2) is 5.86. The fraction of sp³-hybridized carbons (Fsp3) is 0.588. The highest BCUT2D eigenvalue weighted by Crippen LogP contribution is 2.40. The molecule has 0 spiro atoms. The van der Waals surface area contributed by atoms with Gasteiger partial charge in [-0.25, -0.2) is 0 Å². The van der Waals surface area contributed by atoms with Crippen molar-refractivity contribution in [2.45, 2.75) is 32.1 Å². The van der Waals surface area contributed by atoms with Gasteiger partial charge in [-0.1, -0.05) is 43.2 Å². The third-order valence-electron chi connectivity index (χ3n) is 4.77. The molecule has 1 heterocycles. The molecular formula is C17H25N3. The third-order valence-corrected chi connectivity index (χ3v) is 4.77. The van der Waals surface area contributed by atoms with Crippen LogP contribution in [0.3, 0.4) is 0 Å². The van der Waals surface area contributed by atoms with Crippen LogP contribution in [0.15, 0.2) is 35.3 Å². The first-order valence-electron chi connectivity index (χ1n) is 7.81. The molecule has 1 N–H and O–H groups in total. The summed E-state index contributed by atoms with van der Waals surface area (Å²) in [5.74, 6) is 1.09. The van der Waals surface area contributed by atoms with E-state index < -0.39 is 0 Å². The first kappa shape index (κ1) is 13.5. The zero-order valence-electron chi connectivity index (χ0n) is 12.4. The van der Waals surface area contributed by atoms with Crippen LogP contribution in [0.1, 0.15) is 31.2 Å². The maximum atomic E-state index is 4.55. The summed E-state index contributed by atoms with van der Waals surface area (Å²) in [5.41, 5.74) is 1.89. The van der Waals surface area contributed by atoms with Gasteiger partial charge in [-0.05, 0) is 30.2 Å². The maximum absolute atomic E-state index is 4.55. The lowest BCUT2D eigenvalue weighted by Gasteiger charge is -2.31. The lowest BCUT2D eigenvalue weighted by Crippen LogP contribution is -2.42. The van der Waals surface area contributed by atoms with Crippen LogP contribution >= 0.6 is 0 Å². The molecule has 0 bridgehead atoms. The van der Waals surface area contributed by atoms with Crippen molar-refractivity contribution in [2.24, 2.45) is 10.4 Å². The standard InChI is InChI=1S/C17H25N3/c1-20-12-11-18-16(20)19-14-17(9-5-6-10-17)13-15-7-3-2-4-8-15/h2-4,7-8H,5-6,9-14H2,1H3,(H,18,19). The number of hydrogen-bond acceptors (Lipinski definition) is 3. The summed E-state index contributed by atoms with van der Waals surface area (Å²) in [4.78, 5) is 6.77. The molecule has 1 aromatic rings. The number of rotatable bonds is 4. The van der Waals surface area contributed by atoms with Crippen LogP contribution in [0.2, 0.25) is 0 Å². The average Bonchev–Trinajstić information content (AvgIpc) is 3.08. The Kier molecular flexibility index (Phi) is 3.95. The molecule has 108 valence electrons. The van der Waals surface area contributed by atoms with Crippen molar-refractivity contribution in [2.75, 3.05) is 26.7 Å². The topological polar surface area (TPSA) is 27.6 Å². The number of nitrogens with zero attached hydrogens (tertiary/aromatic N) is 2. The molecule has 2 aliphatic rings. The van der Waals surface area contributed by atoms with E-state index in [0.717, 1.165) is 25.6 Å². The van der Waals surface area contributed by atoms with Gasteiger partial charge >= 0.3 is 0 Å². The minimum Gasteiger partial charge on any atom is -0.356 e. The van der Waals surface area contributed by atoms with Crippen LogP contribution in [0, 0.1) is 5.41 Å². The van der Waals surface area contributed by atoms with Crippen molar-refractivity contribution in [1.29, 1.82) is 0 Å². The number of aliphatic imine (C=N–C) groups is 1. The quantitative estimate of drug-likeness (QED) is 0.912. The molecule has 1 aliphatic carbocycles. The van der Waals surface area contributed by atoms with E-state index in [0.29, 0.717) is 5.41 Å². The van der Waals surface area contributed by atoms with Gasteiger partial charge in [-0.3, -0.25) is 4.99 Å². The highest BCUT2D eigenvalue weighted by Gasteiger charge is 2.34. The Morgan fingerprint density at radius 2 is 1.95 bits per heavy atom. The molecule has 1 aliphatic heterocycles.